The predicted octanol–water partition coefficient (Wildman–Crippen LogP) is 1.09. The highest BCUT2D eigenvalue weighted by Gasteiger charge is 2.20. The average Bonchev–Trinajstić information content (AvgIpc) is 2.69. The van der Waals surface area contributed by atoms with Crippen molar-refractivity contribution in [2.45, 2.75) is 0 Å². The van der Waals surface area contributed by atoms with E-state index in [1.165, 1.54) is 31.8 Å². The number of fused-ring (bicyclic) bond motifs is 1. The van der Waals surface area contributed by atoms with E-state index in [2.05, 4.69) is 4.98 Å². The van der Waals surface area contributed by atoms with Gasteiger partial charge in [0.2, 0.25) is 0 Å². The Labute approximate surface area is 148 Å². The van der Waals surface area contributed by atoms with Crippen molar-refractivity contribution in [1.82, 2.24) is 14.1 Å². The highest BCUT2D eigenvalue weighted by molar-refractivity contribution is 6.03. The van der Waals surface area contributed by atoms with E-state index < -0.39 is 17.2 Å². The molecule has 0 saturated heterocycles. The predicted molar refractivity (Wildman–Crippen MR) is 95.6 cm³/mol. The number of hydrogen-bond donors (Lipinski definition) is 0. The van der Waals surface area contributed by atoms with Crippen molar-refractivity contribution in [2.24, 2.45) is 14.1 Å². The van der Waals surface area contributed by atoms with Crippen LogP contribution in [-0.2, 0) is 18.8 Å². The van der Waals surface area contributed by atoms with Gasteiger partial charge in [0.1, 0.15) is 5.75 Å². The first-order valence-electron chi connectivity index (χ1n) is 7.72. The molecule has 2 heterocycles. The van der Waals surface area contributed by atoms with E-state index in [9.17, 15) is 14.4 Å². The first kappa shape index (κ1) is 17.4. The van der Waals surface area contributed by atoms with Gasteiger partial charge in [0.25, 0.3) is 5.56 Å². The Hall–Kier alpha value is -3.42. The van der Waals surface area contributed by atoms with Gasteiger partial charge in [-0.25, -0.2) is 14.6 Å². The Morgan fingerprint density at radius 2 is 1.69 bits per heavy atom. The number of nitrogens with zero attached hydrogens (tertiary/aromatic N) is 3. The monoisotopic (exact) mass is 355 g/mol. The van der Waals surface area contributed by atoms with Crippen LogP contribution in [-0.4, -0.2) is 34.3 Å². The molecule has 1 aromatic carbocycles. The fourth-order valence-corrected chi connectivity index (χ4v) is 2.74. The summed E-state index contributed by atoms with van der Waals surface area (Å²) in [4.78, 5) is 41.5. The smallest absolute Gasteiger partial charge is 0.338 e. The lowest BCUT2D eigenvalue weighted by Crippen LogP contribution is -2.38. The third-order valence-corrected chi connectivity index (χ3v) is 4.20. The molecule has 2 aromatic heterocycles. The molecule has 134 valence electrons. The van der Waals surface area contributed by atoms with Crippen molar-refractivity contribution in [3.8, 4) is 17.0 Å². The third kappa shape index (κ3) is 2.65. The van der Waals surface area contributed by atoms with E-state index in [1.807, 2.05) is 0 Å². The van der Waals surface area contributed by atoms with Gasteiger partial charge in [-0.3, -0.25) is 13.9 Å². The molecule has 3 rings (SSSR count). The molecule has 0 aliphatic carbocycles. The normalized spacial score (nSPS) is 10.8. The zero-order valence-electron chi connectivity index (χ0n) is 14.8. The number of esters is 1. The molecule has 0 spiro atoms. The third-order valence-electron chi connectivity index (χ3n) is 4.20. The van der Waals surface area contributed by atoms with Crippen molar-refractivity contribution >= 4 is 17.0 Å². The minimum absolute atomic E-state index is 0.0405. The fourth-order valence-electron chi connectivity index (χ4n) is 2.74. The Morgan fingerprint density at radius 1 is 1.04 bits per heavy atom. The second-order valence-electron chi connectivity index (χ2n) is 5.68. The van der Waals surface area contributed by atoms with E-state index in [-0.39, 0.29) is 16.6 Å². The van der Waals surface area contributed by atoms with E-state index >= 15 is 0 Å². The van der Waals surface area contributed by atoms with Crippen LogP contribution in [0.5, 0.6) is 5.75 Å². The van der Waals surface area contributed by atoms with Crippen LogP contribution in [0.4, 0.5) is 0 Å². The number of aromatic nitrogens is 3. The minimum atomic E-state index is -0.678. The molecule has 8 nitrogen and oxygen atoms in total. The van der Waals surface area contributed by atoms with E-state index in [4.69, 9.17) is 9.47 Å². The first-order valence-corrected chi connectivity index (χ1v) is 7.72. The Morgan fingerprint density at radius 3 is 2.27 bits per heavy atom. The molecule has 26 heavy (non-hydrogen) atoms. The van der Waals surface area contributed by atoms with Crippen LogP contribution < -0.4 is 16.0 Å². The maximum atomic E-state index is 12.6. The van der Waals surface area contributed by atoms with Gasteiger partial charge in [0.05, 0.1) is 30.9 Å². The number of pyridine rings is 1. The van der Waals surface area contributed by atoms with E-state index in [1.54, 1.807) is 31.4 Å². The number of hydrogen-bond acceptors (Lipinski definition) is 6. The molecule has 8 heteroatoms. The Balaban J connectivity index is 2.42. The number of rotatable bonds is 3. The second-order valence-corrected chi connectivity index (χ2v) is 5.68. The molecule has 0 atom stereocenters. The van der Waals surface area contributed by atoms with Gasteiger partial charge in [-0.05, 0) is 30.3 Å². The lowest BCUT2D eigenvalue weighted by atomic mass is 10.1. The van der Waals surface area contributed by atoms with Gasteiger partial charge in [0, 0.05) is 19.7 Å². The number of methoxy groups -OCH3 is 2. The fraction of sp³-hybridized carbons (Fsp3) is 0.222. The molecule has 0 N–H and O–H groups in total. The van der Waals surface area contributed by atoms with Gasteiger partial charge in [0.15, 0.2) is 5.65 Å². The van der Waals surface area contributed by atoms with E-state index in [0.29, 0.717) is 17.0 Å². The maximum Gasteiger partial charge on any atom is 0.338 e. The zero-order valence-corrected chi connectivity index (χ0v) is 14.8. The molecule has 0 radical (unpaired) electrons. The molecule has 0 aliphatic heterocycles. The van der Waals surface area contributed by atoms with Crippen LogP contribution in [0, 0.1) is 0 Å². The molecule has 0 aliphatic rings. The summed E-state index contributed by atoms with van der Waals surface area (Å²) in [6, 6.07) is 8.53. The van der Waals surface area contributed by atoms with E-state index in [0.717, 1.165) is 4.57 Å². The largest absolute Gasteiger partial charge is 0.497 e. The minimum Gasteiger partial charge on any atom is -0.497 e. The summed E-state index contributed by atoms with van der Waals surface area (Å²) >= 11 is 0. The van der Waals surface area contributed by atoms with Crippen molar-refractivity contribution in [1.29, 1.82) is 0 Å². The average molecular weight is 355 g/mol. The van der Waals surface area contributed by atoms with Crippen LogP contribution in [0.2, 0.25) is 0 Å². The molecule has 0 saturated carbocycles. The molecule has 0 amide bonds. The lowest BCUT2D eigenvalue weighted by Gasteiger charge is -2.12. The van der Waals surface area contributed by atoms with Gasteiger partial charge in [-0.2, -0.15) is 0 Å². The zero-order chi connectivity index (χ0) is 19.0. The van der Waals surface area contributed by atoms with Crippen molar-refractivity contribution < 1.29 is 14.3 Å². The van der Waals surface area contributed by atoms with Crippen molar-refractivity contribution in [3.63, 3.8) is 0 Å². The van der Waals surface area contributed by atoms with Crippen LogP contribution in [0.1, 0.15) is 10.4 Å². The molecule has 0 bridgehead atoms. The van der Waals surface area contributed by atoms with Crippen LogP contribution in [0.3, 0.4) is 0 Å². The first-order chi connectivity index (χ1) is 12.4. The second kappa shape index (κ2) is 6.47. The van der Waals surface area contributed by atoms with Gasteiger partial charge >= 0.3 is 11.7 Å². The topological polar surface area (TPSA) is 92.4 Å². The van der Waals surface area contributed by atoms with Gasteiger partial charge in [-0.15, -0.1) is 0 Å². The van der Waals surface area contributed by atoms with Gasteiger partial charge in [-0.1, -0.05) is 0 Å². The number of carbonyl (C=O) groups excluding carboxylic acids is 1. The van der Waals surface area contributed by atoms with Crippen LogP contribution >= 0.6 is 0 Å². The summed E-state index contributed by atoms with van der Waals surface area (Å²) < 4.78 is 12.1. The standard InChI is InChI=1S/C18H17N3O5/c1-20-15-14(16(22)21(2)18(20)24)12(17(23)26-4)9-13(19-15)10-5-7-11(25-3)8-6-10/h5-9H,1-4H3. The molecular formula is C18H17N3O5. The number of ether oxygens (including phenoxy) is 2. The molecule has 0 fully saturated rings. The summed E-state index contributed by atoms with van der Waals surface area (Å²) in [5.74, 6) is -0.00749. The highest BCUT2D eigenvalue weighted by atomic mass is 16.5. The Kier molecular flexibility index (Phi) is 4.33. The lowest BCUT2D eigenvalue weighted by molar-refractivity contribution is 0.0603. The molecular weight excluding hydrogens is 338 g/mol. The SMILES string of the molecule is COC(=O)c1cc(-c2ccc(OC)cc2)nc2c1c(=O)n(C)c(=O)n2C. The van der Waals surface area contributed by atoms with Crippen molar-refractivity contribution in [3.05, 3.63) is 56.7 Å². The summed E-state index contributed by atoms with van der Waals surface area (Å²) in [7, 11) is 5.64. The summed E-state index contributed by atoms with van der Waals surface area (Å²) in [5.41, 5.74) is 0.177. The van der Waals surface area contributed by atoms with Crippen LogP contribution in [0.15, 0.2) is 39.9 Å². The molecule has 0 unspecified atom stereocenters. The summed E-state index contributed by atoms with van der Waals surface area (Å²) in [6.07, 6.45) is 0. The van der Waals surface area contributed by atoms with Gasteiger partial charge < -0.3 is 9.47 Å². The number of carbonyl (C=O) groups is 1. The number of aryl methyl sites for hydroxylation is 1. The summed E-state index contributed by atoms with van der Waals surface area (Å²) in [5, 5.41) is 0.0405. The highest BCUT2D eigenvalue weighted by Crippen LogP contribution is 2.25. The quantitative estimate of drug-likeness (QED) is 0.653. The Bertz CT molecular complexity index is 1130. The van der Waals surface area contributed by atoms with Crippen molar-refractivity contribution in [2.75, 3.05) is 14.2 Å². The van der Waals surface area contributed by atoms with Crippen LogP contribution in [0.25, 0.3) is 22.3 Å². The molecule has 3 aromatic rings. The maximum absolute atomic E-state index is 12.6. The summed E-state index contributed by atoms with van der Waals surface area (Å²) in [6.45, 7) is 0. The number of benzene rings is 1.